The summed E-state index contributed by atoms with van der Waals surface area (Å²) in [7, 11) is -2.10. The summed E-state index contributed by atoms with van der Waals surface area (Å²) in [6.07, 6.45) is -6.45. The van der Waals surface area contributed by atoms with E-state index in [1.165, 1.54) is 27.7 Å². The molecule has 21 heavy (non-hydrogen) atoms. The smallest absolute Gasteiger partial charge is 0.402 e. The van der Waals surface area contributed by atoms with E-state index in [4.69, 9.17) is 15.0 Å². The number of hydrogen-bond acceptors (Lipinski definition) is 3. The van der Waals surface area contributed by atoms with Crippen LogP contribution in [0.2, 0.25) is 0 Å². The maximum absolute atomic E-state index is 13.5. The van der Waals surface area contributed by atoms with Crippen LogP contribution < -0.4 is 5.73 Å². The van der Waals surface area contributed by atoms with Crippen LogP contribution in [0.5, 0.6) is 0 Å². The standard InChI is InChI=1S/C10H15BF7NO2/c1-6(2)7(3,4)21-11(20-6)5(19)8(12,13)9(14,15)10(16,17)18/h5H,19H2,1-4H3/t5-/m0/s1. The van der Waals surface area contributed by atoms with Crippen LogP contribution in [0.4, 0.5) is 30.7 Å². The molecule has 1 saturated heterocycles. The Kier molecular flexibility index (Phi) is 4.16. The van der Waals surface area contributed by atoms with Gasteiger partial charge < -0.3 is 15.0 Å². The van der Waals surface area contributed by atoms with Crippen molar-refractivity contribution in [1.29, 1.82) is 0 Å². The van der Waals surface area contributed by atoms with Gasteiger partial charge in [0.05, 0.1) is 11.2 Å². The van der Waals surface area contributed by atoms with Crippen LogP contribution in [0.3, 0.4) is 0 Å². The fourth-order valence-corrected chi connectivity index (χ4v) is 1.60. The van der Waals surface area contributed by atoms with Crippen LogP contribution in [0.25, 0.3) is 0 Å². The van der Waals surface area contributed by atoms with Gasteiger partial charge in [0.1, 0.15) is 5.94 Å². The van der Waals surface area contributed by atoms with Crippen molar-refractivity contribution in [2.45, 2.75) is 62.9 Å². The highest BCUT2D eigenvalue weighted by molar-refractivity contribution is 6.48. The minimum atomic E-state index is -6.45. The molecule has 0 radical (unpaired) electrons. The van der Waals surface area contributed by atoms with Gasteiger partial charge in [0.25, 0.3) is 0 Å². The fraction of sp³-hybridized carbons (Fsp3) is 1.00. The van der Waals surface area contributed by atoms with Gasteiger partial charge in [0.15, 0.2) is 0 Å². The van der Waals surface area contributed by atoms with Gasteiger partial charge >= 0.3 is 25.1 Å². The highest BCUT2D eigenvalue weighted by atomic mass is 19.4. The van der Waals surface area contributed by atoms with E-state index in [1.807, 2.05) is 0 Å². The molecule has 0 aromatic heterocycles. The molecule has 0 aromatic carbocycles. The predicted octanol–water partition coefficient (Wildman–Crippen LogP) is 2.78. The summed E-state index contributed by atoms with van der Waals surface area (Å²) >= 11 is 0. The van der Waals surface area contributed by atoms with Crippen LogP contribution in [0, 0.1) is 0 Å². The minimum absolute atomic E-state index is 1.20. The largest absolute Gasteiger partial charge is 0.482 e. The van der Waals surface area contributed by atoms with Crippen molar-refractivity contribution in [3.63, 3.8) is 0 Å². The number of halogens is 7. The lowest BCUT2D eigenvalue weighted by molar-refractivity contribution is -0.355. The van der Waals surface area contributed by atoms with Crippen molar-refractivity contribution in [2.75, 3.05) is 0 Å². The number of nitrogens with two attached hydrogens (primary N) is 1. The molecule has 1 fully saturated rings. The lowest BCUT2D eigenvalue weighted by Gasteiger charge is -2.32. The molecule has 3 nitrogen and oxygen atoms in total. The average molecular weight is 325 g/mol. The molecule has 0 aromatic rings. The van der Waals surface area contributed by atoms with E-state index in [-0.39, 0.29) is 0 Å². The maximum Gasteiger partial charge on any atom is 0.482 e. The molecule has 2 N–H and O–H groups in total. The Hall–Kier alpha value is -0.545. The molecule has 1 aliphatic heterocycles. The molecule has 124 valence electrons. The molecule has 11 heteroatoms. The first-order valence-electron chi connectivity index (χ1n) is 5.91. The lowest BCUT2D eigenvalue weighted by atomic mass is 9.73. The Morgan fingerprint density at radius 2 is 1.19 bits per heavy atom. The van der Waals surface area contributed by atoms with Gasteiger partial charge in [-0.15, -0.1) is 0 Å². The Morgan fingerprint density at radius 3 is 1.48 bits per heavy atom. The first-order chi connectivity index (χ1) is 8.97. The van der Waals surface area contributed by atoms with Gasteiger partial charge in [-0.05, 0) is 27.7 Å². The van der Waals surface area contributed by atoms with Gasteiger partial charge in [-0.2, -0.15) is 30.7 Å². The number of rotatable bonds is 3. The summed E-state index contributed by atoms with van der Waals surface area (Å²) in [5.74, 6) is -14.9. The molecule has 1 rings (SSSR count). The Labute approximate surface area is 117 Å². The van der Waals surface area contributed by atoms with Crippen molar-refractivity contribution in [3.8, 4) is 0 Å². The van der Waals surface area contributed by atoms with Crippen LogP contribution in [-0.2, 0) is 9.31 Å². The number of hydrogen-bond donors (Lipinski definition) is 1. The third-order valence-corrected chi connectivity index (χ3v) is 3.76. The second-order valence-corrected chi connectivity index (χ2v) is 5.85. The van der Waals surface area contributed by atoms with Crippen molar-refractivity contribution >= 4 is 7.12 Å². The molecule has 0 amide bonds. The quantitative estimate of drug-likeness (QED) is 0.641. The molecule has 0 aliphatic carbocycles. The van der Waals surface area contributed by atoms with E-state index in [9.17, 15) is 30.7 Å². The summed E-state index contributed by atoms with van der Waals surface area (Å²) in [6, 6.07) is 0. The molecule has 0 bridgehead atoms. The van der Waals surface area contributed by atoms with Crippen molar-refractivity contribution in [2.24, 2.45) is 5.73 Å². The summed E-state index contributed by atoms with van der Waals surface area (Å²) < 4.78 is 99.2. The second-order valence-electron chi connectivity index (χ2n) is 5.85. The van der Waals surface area contributed by atoms with Gasteiger partial charge in [0.2, 0.25) is 0 Å². The van der Waals surface area contributed by atoms with Crippen LogP contribution in [0.15, 0.2) is 0 Å². The van der Waals surface area contributed by atoms with E-state index in [1.54, 1.807) is 0 Å². The molecular formula is C10H15BF7NO2. The van der Waals surface area contributed by atoms with Crippen molar-refractivity contribution in [3.05, 3.63) is 0 Å². The van der Waals surface area contributed by atoms with E-state index >= 15 is 0 Å². The lowest BCUT2D eigenvalue weighted by Crippen LogP contribution is -2.65. The van der Waals surface area contributed by atoms with E-state index in [0.717, 1.165) is 0 Å². The second kappa shape index (κ2) is 4.72. The molecule has 1 aliphatic rings. The molecular weight excluding hydrogens is 310 g/mol. The fourth-order valence-electron chi connectivity index (χ4n) is 1.60. The Balaban J connectivity index is 3.07. The molecule has 0 spiro atoms. The summed E-state index contributed by atoms with van der Waals surface area (Å²) in [5.41, 5.74) is 2.51. The number of alkyl halides is 7. The monoisotopic (exact) mass is 325 g/mol. The molecule has 0 saturated carbocycles. The zero-order chi connectivity index (χ0) is 17.1. The normalized spacial score (nSPS) is 24.3. The zero-order valence-corrected chi connectivity index (χ0v) is 11.7. The molecule has 0 unspecified atom stereocenters. The van der Waals surface area contributed by atoms with Crippen LogP contribution >= 0.6 is 0 Å². The van der Waals surface area contributed by atoms with E-state index in [2.05, 4.69) is 0 Å². The van der Waals surface area contributed by atoms with Crippen molar-refractivity contribution in [1.82, 2.24) is 0 Å². The topological polar surface area (TPSA) is 44.5 Å². The third kappa shape index (κ3) is 2.75. The Morgan fingerprint density at radius 1 is 0.857 bits per heavy atom. The first-order valence-corrected chi connectivity index (χ1v) is 5.91. The predicted molar refractivity (Wildman–Crippen MR) is 60.0 cm³/mol. The van der Waals surface area contributed by atoms with Crippen LogP contribution in [0.1, 0.15) is 27.7 Å². The first kappa shape index (κ1) is 18.5. The van der Waals surface area contributed by atoms with Gasteiger partial charge in [0, 0.05) is 0 Å². The Bertz CT molecular complexity index is 395. The highest BCUT2D eigenvalue weighted by Crippen LogP contribution is 2.49. The maximum atomic E-state index is 13.5. The van der Waals surface area contributed by atoms with E-state index in [0.29, 0.717) is 0 Å². The SMILES string of the molecule is CC1(C)OB([C@@H](N)C(F)(F)C(F)(F)C(F)(F)F)OC1(C)C. The average Bonchev–Trinajstić information content (AvgIpc) is 2.45. The van der Waals surface area contributed by atoms with Gasteiger partial charge in [-0.1, -0.05) is 0 Å². The highest BCUT2D eigenvalue weighted by Gasteiger charge is 2.77. The van der Waals surface area contributed by atoms with Crippen LogP contribution in [-0.4, -0.2) is 42.3 Å². The molecule has 1 heterocycles. The third-order valence-electron chi connectivity index (χ3n) is 3.76. The summed E-state index contributed by atoms with van der Waals surface area (Å²) in [6.45, 7) is 5.67. The zero-order valence-electron chi connectivity index (χ0n) is 11.7. The van der Waals surface area contributed by atoms with Gasteiger partial charge in [-0.25, -0.2) is 0 Å². The summed E-state index contributed by atoms with van der Waals surface area (Å²) in [4.78, 5) is 0. The summed E-state index contributed by atoms with van der Waals surface area (Å²) in [5, 5.41) is 0. The van der Waals surface area contributed by atoms with Gasteiger partial charge in [-0.3, -0.25) is 0 Å². The molecule has 1 atom stereocenters. The van der Waals surface area contributed by atoms with Crippen molar-refractivity contribution < 1.29 is 40.0 Å². The van der Waals surface area contributed by atoms with E-state index < -0.39 is 42.3 Å². The minimum Gasteiger partial charge on any atom is -0.402 e.